The average Bonchev–Trinajstić information content (AvgIpc) is 3.06. The fourth-order valence-corrected chi connectivity index (χ4v) is 1.80. The van der Waals surface area contributed by atoms with Gasteiger partial charge < -0.3 is 4.42 Å². The summed E-state index contributed by atoms with van der Waals surface area (Å²) in [5.74, 6) is 0.310. The maximum Gasteiger partial charge on any atom is 0.408 e. The van der Waals surface area contributed by atoms with Gasteiger partial charge in [0.25, 0.3) is 0 Å². The molecule has 0 amide bonds. The lowest BCUT2D eigenvalue weighted by Crippen LogP contribution is -2.19. The van der Waals surface area contributed by atoms with Crippen LogP contribution in [0, 0.1) is 6.92 Å². The molecule has 0 aliphatic heterocycles. The first-order valence-electron chi connectivity index (χ1n) is 5.87. The highest BCUT2D eigenvalue weighted by atomic mass is 19.4. The highest BCUT2D eigenvalue weighted by Gasteiger charge is 2.32. The Morgan fingerprint density at radius 2 is 2.14 bits per heavy atom. The maximum absolute atomic E-state index is 12.7. The molecule has 0 saturated carbocycles. The lowest BCUT2D eigenvalue weighted by molar-refractivity contribution is -0.142. The largest absolute Gasteiger partial charge is 0.461 e. The van der Waals surface area contributed by atoms with Crippen molar-refractivity contribution in [2.45, 2.75) is 19.6 Å². The van der Waals surface area contributed by atoms with Crippen molar-refractivity contribution < 1.29 is 17.6 Å². The predicted octanol–water partition coefficient (Wildman–Crippen LogP) is 2.19. The van der Waals surface area contributed by atoms with Gasteiger partial charge in [-0.1, -0.05) is 0 Å². The van der Waals surface area contributed by atoms with E-state index in [9.17, 15) is 13.2 Å². The molecule has 3 aromatic heterocycles. The van der Waals surface area contributed by atoms with Crippen molar-refractivity contribution >= 4 is 0 Å². The molecule has 0 radical (unpaired) electrons. The summed E-state index contributed by atoms with van der Waals surface area (Å²) in [7, 11) is 0. The zero-order valence-corrected chi connectivity index (χ0v) is 10.7. The molecule has 0 aliphatic rings. The van der Waals surface area contributed by atoms with Crippen LogP contribution in [0.4, 0.5) is 13.2 Å². The number of aromatic amines is 1. The number of rotatable bonds is 3. The van der Waals surface area contributed by atoms with Gasteiger partial charge in [0.2, 0.25) is 5.82 Å². The molecule has 0 spiro atoms. The van der Waals surface area contributed by atoms with Gasteiger partial charge in [0.15, 0.2) is 17.3 Å². The third-order valence-electron chi connectivity index (χ3n) is 2.68. The number of furan rings is 1. The molecule has 0 aliphatic carbocycles. The number of alkyl halides is 3. The van der Waals surface area contributed by atoms with Crippen LogP contribution in [0.5, 0.6) is 0 Å². The fraction of sp³-hybridized carbons (Fsp3) is 0.273. The van der Waals surface area contributed by atoms with Crippen molar-refractivity contribution in [3.05, 3.63) is 24.1 Å². The van der Waals surface area contributed by atoms with Crippen LogP contribution in [0.25, 0.3) is 23.1 Å². The Hall–Kier alpha value is -2.65. The van der Waals surface area contributed by atoms with Crippen LogP contribution >= 0.6 is 0 Å². The van der Waals surface area contributed by atoms with E-state index in [0.717, 1.165) is 4.68 Å². The number of hydrogen-bond donors (Lipinski definition) is 1. The highest BCUT2D eigenvalue weighted by Crippen LogP contribution is 2.26. The molecule has 0 fully saturated rings. The van der Waals surface area contributed by atoms with Crippen molar-refractivity contribution in [3.63, 3.8) is 0 Å². The molecule has 0 aromatic carbocycles. The number of halogens is 3. The van der Waals surface area contributed by atoms with Crippen LogP contribution in [0.2, 0.25) is 0 Å². The lowest BCUT2D eigenvalue weighted by Gasteiger charge is -2.07. The van der Waals surface area contributed by atoms with Gasteiger partial charge in [0, 0.05) is 0 Å². The van der Waals surface area contributed by atoms with Crippen molar-refractivity contribution in [1.29, 1.82) is 0 Å². The number of aryl methyl sites for hydroxylation is 1. The van der Waals surface area contributed by atoms with Crippen LogP contribution in [-0.2, 0) is 6.54 Å². The first kappa shape index (κ1) is 13.3. The van der Waals surface area contributed by atoms with Crippen molar-refractivity contribution in [3.8, 4) is 23.1 Å². The molecular weight excluding hydrogens is 289 g/mol. The minimum Gasteiger partial charge on any atom is -0.461 e. The molecule has 0 saturated heterocycles. The summed E-state index contributed by atoms with van der Waals surface area (Å²) in [5, 5.41) is 13.8. The third-order valence-corrected chi connectivity index (χ3v) is 2.68. The molecule has 0 bridgehead atoms. The Balaban J connectivity index is 2.10. The quantitative estimate of drug-likeness (QED) is 0.801. The Kier molecular flexibility index (Phi) is 3.00. The van der Waals surface area contributed by atoms with Crippen molar-refractivity contribution in [1.82, 2.24) is 30.2 Å². The first-order chi connectivity index (χ1) is 9.94. The summed E-state index contributed by atoms with van der Waals surface area (Å²) in [6.45, 7) is 0.334. The Morgan fingerprint density at radius 1 is 1.33 bits per heavy atom. The summed E-state index contributed by atoms with van der Waals surface area (Å²) in [5.41, 5.74) is 0.640. The summed E-state index contributed by atoms with van der Waals surface area (Å²) in [6, 6.07) is 3.16. The SMILES string of the molecule is Cc1n[nH]nc1-c1nc(-c2ccco2)nn1CC(F)(F)F. The van der Waals surface area contributed by atoms with E-state index in [-0.39, 0.29) is 23.1 Å². The molecule has 3 rings (SSSR count). The first-order valence-corrected chi connectivity index (χ1v) is 5.87. The van der Waals surface area contributed by atoms with Gasteiger partial charge in [-0.3, -0.25) is 0 Å². The molecule has 3 heterocycles. The van der Waals surface area contributed by atoms with Crippen LogP contribution in [0.3, 0.4) is 0 Å². The zero-order chi connectivity index (χ0) is 15.0. The summed E-state index contributed by atoms with van der Waals surface area (Å²) >= 11 is 0. The van der Waals surface area contributed by atoms with E-state index in [4.69, 9.17) is 4.42 Å². The van der Waals surface area contributed by atoms with E-state index < -0.39 is 12.7 Å². The summed E-state index contributed by atoms with van der Waals surface area (Å²) < 4.78 is 43.8. The zero-order valence-electron chi connectivity index (χ0n) is 10.7. The number of nitrogens with one attached hydrogen (secondary N) is 1. The Morgan fingerprint density at radius 3 is 2.71 bits per heavy atom. The van der Waals surface area contributed by atoms with Gasteiger partial charge in [-0.25, -0.2) is 9.67 Å². The highest BCUT2D eigenvalue weighted by molar-refractivity contribution is 5.56. The van der Waals surface area contributed by atoms with Crippen LogP contribution in [-0.4, -0.2) is 36.4 Å². The third kappa shape index (κ3) is 2.64. The average molecular weight is 298 g/mol. The molecule has 1 N–H and O–H groups in total. The summed E-state index contributed by atoms with van der Waals surface area (Å²) in [4.78, 5) is 4.08. The van der Waals surface area contributed by atoms with Crippen molar-refractivity contribution in [2.24, 2.45) is 0 Å². The maximum atomic E-state index is 12.7. The van der Waals surface area contributed by atoms with Crippen molar-refractivity contribution in [2.75, 3.05) is 0 Å². The molecule has 21 heavy (non-hydrogen) atoms. The van der Waals surface area contributed by atoms with E-state index in [1.165, 1.54) is 6.26 Å². The molecule has 3 aromatic rings. The minimum atomic E-state index is -4.43. The van der Waals surface area contributed by atoms with E-state index in [2.05, 4.69) is 25.5 Å². The molecule has 0 atom stereocenters. The van der Waals surface area contributed by atoms with E-state index >= 15 is 0 Å². The van der Waals surface area contributed by atoms with Gasteiger partial charge in [-0.05, 0) is 19.1 Å². The van der Waals surface area contributed by atoms with Gasteiger partial charge in [0.05, 0.1) is 12.0 Å². The lowest BCUT2D eigenvalue weighted by atomic mass is 10.3. The van der Waals surface area contributed by atoms with E-state index in [1.54, 1.807) is 19.1 Å². The van der Waals surface area contributed by atoms with Crippen LogP contribution in [0.15, 0.2) is 22.8 Å². The molecular formula is C11H9F3N6O. The second kappa shape index (κ2) is 4.72. The monoisotopic (exact) mass is 298 g/mol. The van der Waals surface area contributed by atoms with Crippen LogP contribution < -0.4 is 0 Å². The second-order valence-corrected chi connectivity index (χ2v) is 4.27. The molecule has 10 heteroatoms. The normalized spacial score (nSPS) is 12.0. The Bertz CT molecular complexity index is 742. The predicted molar refractivity (Wildman–Crippen MR) is 63.9 cm³/mol. The van der Waals surface area contributed by atoms with Crippen LogP contribution in [0.1, 0.15) is 5.69 Å². The van der Waals surface area contributed by atoms with Gasteiger partial charge >= 0.3 is 6.18 Å². The fourth-order valence-electron chi connectivity index (χ4n) is 1.80. The summed E-state index contributed by atoms with van der Waals surface area (Å²) in [6.07, 6.45) is -3.04. The topological polar surface area (TPSA) is 85.4 Å². The molecule has 110 valence electrons. The van der Waals surface area contributed by atoms with E-state index in [0.29, 0.717) is 5.69 Å². The van der Waals surface area contributed by atoms with Gasteiger partial charge in [-0.15, -0.1) is 5.10 Å². The Labute approximate surface area is 115 Å². The number of aromatic nitrogens is 6. The van der Waals surface area contributed by atoms with E-state index in [1.807, 2.05) is 0 Å². The molecule has 7 nitrogen and oxygen atoms in total. The standard InChI is InChI=1S/C11H9F3N6O/c1-6-8(17-19-16-6)10-15-9(7-3-2-4-21-7)18-20(10)5-11(12,13)14/h2-4H,5H2,1H3,(H,16,17,19). The second-order valence-electron chi connectivity index (χ2n) is 4.27. The minimum absolute atomic E-state index is 0.0232. The van der Waals surface area contributed by atoms with Gasteiger partial charge in [-0.2, -0.15) is 28.6 Å². The van der Waals surface area contributed by atoms with Gasteiger partial charge in [0.1, 0.15) is 6.54 Å². The smallest absolute Gasteiger partial charge is 0.408 e. The molecule has 0 unspecified atom stereocenters. The number of hydrogen-bond acceptors (Lipinski definition) is 5. The number of H-pyrrole nitrogens is 1. The number of nitrogens with zero attached hydrogens (tertiary/aromatic N) is 5.